The molecule has 0 radical (unpaired) electrons. The largest absolute Gasteiger partial charge is 0.481 e. The van der Waals surface area contributed by atoms with Crippen molar-refractivity contribution in [1.82, 2.24) is 15.1 Å². The van der Waals surface area contributed by atoms with Crippen molar-refractivity contribution in [3.8, 4) is 0 Å². The fourth-order valence-electron chi connectivity index (χ4n) is 1.46. The first kappa shape index (κ1) is 17.7. The highest BCUT2D eigenvalue weighted by Gasteiger charge is 2.12. The van der Waals surface area contributed by atoms with Gasteiger partial charge in [-0.15, -0.1) is 0 Å². The first-order chi connectivity index (χ1) is 9.01. The van der Waals surface area contributed by atoms with Gasteiger partial charge in [0.15, 0.2) is 0 Å². The molecule has 0 atom stereocenters. The second-order valence-electron chi connectivity index (χ2n) is 4.25. The lowest BCUT2D eigenvalue weighted by Crippen LogP contribution is -2.43. The zero-order valence-electron chi connectivity index (χ0n) is 12.0. The van der Waals surface area contributed by atoms with Gasteiger partial charge in [0.05, 0.1) is 13.0 Å². The monoisotopic (exact) mass is 275 g/mol. The molecule has 0 fully saturated rings. The molecule has 7 heteroatoms. The molecule has 0 spiro atoms. The summed E-state index contributed by atoms with van der Waals surface area (Å²) in [5, 5.41) is 11.4. The van der Waals surface area contributed by atoms with Gasteiger partial charge in [-0.2, -0.15) is 0 Å². The van der Waals surface area contributed by atoms with E-state index >= 15 is 0 Å². The van der Waals surface area contributed by atoms with Crippen LogP contribution < -0.4 is 5.32 Å². The Kier molecular flexibility index (Phi) is 9.82. The van der Waals surface area contributed by atoms with E-state index in [0.29, 0.717) is 19.7 Å². The van der Waals surface area contributed by atoms with Crippen molar-refractivity contribution in [2.75, 3.05) is 53.5 Å². The average Bonchev–Trinajstić information content (AvgIpc) is 2.36. The number of methoxy groups -OCH3 is 1. The lowest BCUT2D eigenvalue weighted by Gasteiger charge is -2.22. The molecule has 19 heavy (non-hydrogen) atoms. The van der Waals surface area contributed by atoms with E-state index in [4.69, 9.17) is 9.84 Å². The predicted octanol–water partition coefficient (Wildman–Crippen LogP) is 0.0708. The number of carbonyl (C=O) groups is 2. The average molecular weight is 275 g/mol. The van der Waals surface area contributed by atoms with Crippen molar-refractivity contribution in [3.63, 3.8) is 0 Å². The molecule has 0 aliphatic heterocycles. The minimum atomic E-state index is -0.898. The number of nitrogens with one attached hydrogen (secondary N) is 1. The Morgan fingerprint density at radius 1 is 1.26 bits per heavy atom. The topological polar surface area (TPSA) is 82.1 Å². The van der Waals surface area contributed by atoms with E-state index in [1.54, 1.807) is 7.11 Å². The molecule has 112 valence electrons. The van der Waals surface area contributed by atoms with Gasteiger partial charge in [-0.1, -0.05) is 0 Å². The minimum absolute atomic E-state index is 0.0327. The van der Waals surface area contributed by atoms with Gasteiger partial charge in [0, 0.05) is 39.8 Å². The van der Waals surface area contributed by atoms with E-state index in [-0.39, 0.29) is 19.0 Å². The summed E-state index contributed by atoms with van der Waals surface area (Å²) in [6.07, 6.45) is -0.0327. The highest BCUT2D eigenvalue weighted by molar-refractivity contribution is 5.75. The summed E-state index contributed by atoms with van der Waals surface area (Å²) in [6.45, 7) is 5.28. The SMILES string of the molecule is CCN(CCC(=O)O)C(=O)NCCN(C)CCOC. The fraction of sp³-hybridized carbons (Fsp3) is 0.833. The van der Waals surface area contributed by atoms with Crippen LogP contribution in [-0.4, -0.2) is 80.4 Å². The van der Waals surface area contributed by atoms with Crippen LogP contribution in [0.25, 0.3) is 0 Å². The number of ether oxygens (including phenoxy) is 1. The second kappa shape index (κ2) is 10.6. The molecule has 0 unspecified atom stereocenters. The molecule has 2 N–H and O–H groups in total. The van der Waals surface area contributed by atoms with Crippen molar-refractivity contribution >= 4 is 12.0 Å². The van der Waals surface area contributed by atoms with E-state index < -0.39 is 5.97 Å². The van der Waals surface area contributed by atoms with Gasteiger partial charge in [-0.3, -0.25) is 4.79 Å². The number of aliphatic carboxylic acids is 1. The van der Waals surface area contributed by atoms with Crippen LogP contribution in [0.4, 0.5) is 4.79 Å². The van der Waals surface area contributed by atoms with Crippen molar-refractivity contribution in [2.24, 2.45) is 0 Å². The summed E-state index contributed by atoms with van der Waals surface area (Å²) in [6, 6.07) is -0.219. The van der Waals surface area contributed by atoms with Crippen LogP contribution in [0, 0.1) is 0 Å². The molecule has 0 aliphatic rings. The lowest BCUT2D eigenvalue weighted by atomic mass is 10.4. The molecule has 0 aromatic heterocycles. The highest BCUT2D eigenvalue weighted by atomic mass is 16.5. The van der Waals surface area contributed by atoms with Crippen LogP contribution in [0.2, 0.25) is 0 Å². The van der Waals surface area contributed by atoms with Gasteiger partial charge >= 0.3 is 12.0 Å². The molecule has 0 saturated carbocycles. The number of nitrogens with zero attached hydrogens (tertiary/aromatic N) is 2. The number of likely N-dealkylation sites (N-methyl/N-ethyl adjacent to an activating group) is 1. The lowest BCUT2D eigenvalue weighted by molar-refractivity contribution is -0.137. The fourth-order valence-corrected chi connectivity index (χ4v) is 1.46. The van der Waals surface area contributed by atoms with Gasteiger partial charge in [0.25, 0.3) is 0 Å². The van der Waals surface area contributed by atoms with Crippen LogP contribution in [0.5, 0.6) is 0 Å². The number of urea groups is 1. The molecule has 0 heterocycles. The number of carboxylic acids is 1. The third-order valence-corrected chi connectivity index (χ3v) is 2.71. The number of hydrogen-bond acceptors (Lipinski definition) is 4. The summed E-state index contributed by atoms with van der Waals surface area (Å²) < 4.78 is 4.96. The van der Waals surface area contributed by atoms with Crippen molar-refractivity contribution in [2.45, 2.75) is 13.3 Å². The molecule has 2 amide bonds. The summed E-state index contributed by atoms with van der Waals surface area (Å²) >= 11 is 0. The third-order valence-electron chi connectivity index (χ3n) is 2.71. The van der Waals surface area contributed by atoms with Crippen LogP contribution in [0.1, 0.15) is 13.3 Å². The smallest absolute Gasteiger partial charge is 0.317 e. The Bertz CT molecular complexity index is 274. The standard InChI is InChI=1S/C12H25N3O4/c1-4-15(7-5-11(16)17)12(18)13-6-8-14(2)9-10-19-3/h4-10H2,1-3H3,(H,13,18)(H,16,17). The molecule has 7 nitrogen and oxygen atoms in total. The normalized spacial score (nSPS) is 10.5. The quantitative estimate of drug-likeness (QED) is 0.589. The summed E-state index contributed by atoms with van der Waals surface area (Å²) in [5.74, 6) is -0.898. The Labute approximate surface area is 114 Å². The summed E-state index contributed by atoms with van der Waals surface area (Å²) in [4.78, 5) is 25.8. The van der Waals surface area contributed by atoms with Crippen molar-refractivity contribution in [3.05, 3.63) is 0 Å². The molecule has 0 rings (SSSR count). The van der Waals surface area contributed by atoms with E-state index in [2.05, 4.69) is 10.2 Å². The van der Waals surface area contributed by atoms with Crippen LogP contribution in [-0.2, 0) is 9.53 Å². The van der Waals surface area contributed by atoms with Crippen molar-refractivity contribution < 1.29 is 19.4 Å². The number of carbonyl (C=O) groups excluding carboxylic acids is 1. The van der Waals surface area contributed by atoms with E-state index in [1.165, 1.54) is 4.90 Å². The predicted molar refractivity (Wildman–Crippen MR) is 72.3 cm³/mol. The van der Waals surface area contributed by atoms with Gasteiger partial charge in [-0.25, -0.2) is 4.79 Å². The molecule has 0 aromatic rings. The Balaban J connectivity index is 3.84. The first-order valence-electron chi connectivity index (χ1n) is 6.43. The van der Waals surface area contributed by atoms with E-state index in [0.717, 1.165) is 13.1 Å². The molecule has 0 aliphatic carbocycles. The number of carboxylic acid groups (broad SMARTS) is 1. The maximum atomic E-state index is 11.8. The van der Waals surface area contributed by atoms with Crippen LogP contribution in [0.3, 0.4) is 0 Å². The van der Waals surface area contributed by atoms with Crippen LogP contribution in [0.15, 0.2) is 0 Å². The number of amides is 2. The maximum Gasteiger partial charge on any atom is 0.317 e. The zero-order chi connectivity index (χ0) is 14.7. The number of hydrogen-bond donors (Lipinski definition) is 2. The Morgan fingerprint density at radius 3 is 2.47 bits per heavy atom. The zero-order valence-corrected chi connectivity index (χ0v) is 12.0. The van der Waals surface area contributed by atoms with Crippen LogP contribution >= 0.6 is 0 Å². The van der Waals surface area contributed by atoms with Gasteiger partial charge in [0.1, 0.15) is 0 Å². The van der Waals surface area contributed by atoms with Gasteiger partial charge < -0.3 is 25.0 Å². The van der Waals surface area contributed by atoms with Gasteiger partial charge in [-0.05, 0) is 14.0 Å². The van der Waals surface area contributed by atoms with E-state index in [1.807, 2.05) is 14.0 Å². The molecular weight excluding hydrogens is 250 g/mol. The van der Waals surface area contributed by atoms with E-state index in [9.17, 15) is 9.59 Å². The summed E-state index contributed by atoms with van der Waals surface area (Å²) in [7, 11) is 3.60. The summed E-state index contributed by atoms with van der Waals surface area (Å²) in [5.41, 5.74) is 0. The minimum Gasteiger partial charge on any atom is -0.481 e. The van der Waals surface area contributed by atoms with Gasteiger partial charge in [0.2, 0.25) is 0 Å². The molecule has 0 bridgehead atoms. The number of rotatable bonds is 10. The first-order valence-corrected chi connectivity index (χ1v) is 6.43. The maximum absolute atomic E-state index is 11.8. The Hall–Kier alpha value is -1.34. The molecular formula is C12H25N3O4. The second-order valence-corrected chi connectivity index (χ2v) is 4.25. The third kappa shape index (κ3) is 9.26. The Morgan fingerprint density at radius 2 is 1.95 bits per heavy atom. The molecule has 0 aromatic carbocycles. The molecule has 0 saturated heterocycles. The van der Waals surface area contributed by atoms with Crippen molar-refractivity contribution in [1.29, 1.82) is 0 Å². The highest BCUT2D eigenvalue weighted by Crippen LogP contribution is 1.93.